The van der Waals surface area contributed by atoms with Crippen molar-refractivity contribution in [2.45, 2.75) is 6.17 Å². The highest BCUT2D eigenvalue weighted by Gasteiger charge is 2.22. The molecule has 4 nitrogen and oxygen atoms in total. The fourth-order valence-corrected chi connectivity index (χ4v) is 1.70. The maximum absolute atomic E-state index is 10.6. The third kappa shape index (κ3) is 1.75. The zero-order valence-electron chi connectivity index (χ0n) is 7.89. The first-order valence-corrected chi connectivity index (χ1v) is 4.76. The molecule has 0 aliphatic carbocycles. The summed E-state index contributed by atoms with van der Waals surface area (Å²) in [6, 6.07) is 9.92. The van der Waals surface area contributed by atoms with E-state index in [-0.39, 0.29) is 6.17 Å². The van der Waals surface area contributed by atoms with Gasteiger partial charge in [0, 0.05) is 25.3 Å². The van der Waals surface area contributed by atoms with Crippen molar-refractivity contribution in [3.8, 4) is 0 Å². The molecule has 4 heteroatoms. The van der Waals surface area contributed by atoms with Gasteiger partial charge in [-0.1, -0.05) is 18.2 Å². The molecule has 1 aromatic carbocycles. The average molecular weight is 191 g/mol. The largest absolute Gasteiger partial charge is 0.344 e. The highest BCUT2D eigenvalue weighted by atomic mass is 16.3. The number of nitrogens with one attached hydrogen (secondary N) is 1. The van der Waals surface area contributed by atoms with Gasteiger partial charge in [-0.15, -0.1) is 4.91 Å². The van der Waals surface area contributed by atoms with Crippen molar-refractivity contribution in [2.75, 3.05) is 24.5 Å². The van der Waals surface area contributed by atoms with Crippen LogP contribution < -0.4 is 10.2 Å². The molecule has 0 saturated carbocycles. The van der Waals surface area contributed by atoms with Gasteiger partial charge in [0.05, 0.1) is 0 Å². The molecule has 1 aromatic rings. The first-order chi connectivity index (χ1) is 6.92. The Labute approximate surface area is 82.9 Å². The quantitative estimate of drug-likeness (QED) is 0.714. The van der Waals surface area contributed by atoms with Crippen LogP contribution in [0.15, 0.2) is 35.5 Å². The lowest BCUT2D eigenvalue weighted by atomic mass is 10.2. The number of hydrogen-bond acceptors (Lipinski definition) is 4. The van der Waals surface area contributed by atoms with Gasteiger partial charge in [0.15, 0.2) is 6.17 Å². The van der Waals surface area contributed by atoms with Crippen molar-refractivity contribution >= 4 is 5.69 Å². The maximum atomic E-state index is 10.6. The van der Waals surface area contributed by atoms with Crippen LogP contribution in [0.3, 0.4) is 0 Å². The van der Waals surface area contributed by atoms with E-state index in [9.17, 15) is 4.91 Å². The van der Waals surface area contributed by atoms with E-state index in [1.54, 1.807) is 0 Å². The Balaban J connectivity index is 2.19. The molecule has 2 rings (SSSR count). The molecule has 1 atom stereocenters. The van der Waals surface area contributed by atoms with E-state index >= 15 is 0 Å². The van der Waals surface area contributed by atoms with Crippen molar-refractivity contribution in [2.24, 2.45) is 5.18 Å². The Kier molecular flexibility index (Phi) is 2.74. The van der Waals surface area contributed by atoms with Crippen molar-refractivity contribution in [3.05, 3.63) is 35.2 Å². The average Bonchev–Trinajstić information content (AvgIpc) is 2.30. The lowest BCUT2D eigenvalue weighted by Crippen LogP contribution is -2.50. The molecule has 1 aliphatic heterocycles. The summed E-state index contributed by atoms with van der Waals surface area (Å²) >= 11 is 0. The first kappa shape index (κ1) is 9.15. The van der Waals surface area contributed by atoms with Gasteiger partial charge in [0.25, 0.3) is 0 Å². The number of piperazine rings is 1. The fraction of sp³-hybridized carbons (Fsp3) is 0.400. The molecular weight excluding hydrogens is 178 g/mol. The summed E-state index contributed by atoms with van der Waals surface area (Å²) in [6.45, 7) is 2.37. The standard InChI is InChI=1S/C10H13N3O/c14-12-10-8-11-6-7-13(10)9-4-2-1-3-5-9/h1-5,10-11H,6-8H2. The fourth-order valence-electron chi connectivity index (χ4n) is 1.70. The number of nitrogens with zero attached hydrogens (tertiary/aromatic N) is 2. The maximum Gasteiger partial charge on any atom is 0.176 e. The van der Waals surface area contributed by atoms with Crippen LogP contribution in [0.25, 0.3) is 0 Å². The molecule has 0 spiro atoms. The van der Waals surface area contributed by atoms with E-state index in [0.717, 1.165) is 18.8 Å². The molecule has 14 heavy (non-hydrogen) atoms. The van der Waals surface area contributed by atoms with Crippen molar-refractivity contribution in [1.29, 1.82) is 0 Å². The number of rotatable bonds is 2. The molecule has 1 N–H and O–H groups in total. The Morgan fingerprint density at radius 2 is 2.14 bits per heavy atom. The SMILES string of the molecule is O=NC1CNCCN1c1ccccc1. The van der Waals surface area contributed by atoms with Crippen LogP contribution in [0.4, 0.5) is 5.69 Å². The van der Waals surface area contributed by atoms with Crippen LogP contribution in [0, 0.1) is 4.91 Å². The molecule has 1 saturated heterocycles. The summed E-state index contributed by atoms with van der Waals surface area (Å²) in [7, 11) is 0. The molecule has 0 radical (unpaired) electrons. The van der Waals surface area contributed by atoms with Crippen LogP contribution >= 0.6 is 0 Å². The van der Waals surface area contributed by atoms with Gasteiger partial charge in [-0.25, -0.2) is 0 Å². The monoisotopic (exact) mass is 191 g/mol. The molecule has 1 aliphatic rings. The Morgan fingerprint density at radius 1 is 1.36 bits per heavy atom. The molecule has 74 valence electrons. The molecular formula is C10H13N3O. The Bertz CT molecular complexity index is 301. The minimum absolute atomic E-state index is 0.272. The van der Waals surface area contributed by atoms with E-state index in [1.807, 2.05) is 35.2 Å². The molecule has 0 bridgehead atoms. The van der Waals surface area contributed by atoms with E-state index < -0.39 is 0 Å². The minimum Gasteiger partial charge on any atom is -0.344 e. The highest BCUT2D eigenvalue weighted by molar-refractivity contribution is 5.47. The van der Waals surface area contributed by atoms with Gasteiger partial charge >= 0.3 is 0 Å². The third-order valence-electron chi connectivity index (χ3n) is 2.43. The van der Waals surface area contributed by atoms with Gasteiger partial charge in [0.1, 0.15) is 0 Å². The predicted molar refractivity (Wildman–Crippen MR) is 56.2 cm³/mol. The van der Waals surface area contributed by atoms with Crippen LogP contribution in [-0.4, -0.2) is 25.8 Å². The molecule has 1 unspecified atom stereocenters. The van der Waals surface area contributed by atoms with Gasteiger partial charge in [-0.2, -0.15) is 0 Å². The van der Waals surface area contributed by atoms with E-state index in [0.29, 0.717) is 6.54 Å². The molecule has 1 heterocycles. The lowest BCUT2D eigenvalue weighted by molar-refractivity contribution is 0.486. The number of benzene rings is 1. The second-order valence-corrected chi connectivity index (χ2v) is 3.32. The Morgan fingerprint density at radius 3 is 2.86 bits per heavy atom. The smallest absolute Gasteiger partial charge is 0.176 e. The van der Waals surface area contributed by atoms with E-state index in [2.05, 4.69) is 10.5 Å². The van der Waals surface area contributed by atoms with E-state index in [4.69, 9.17) is 0 Å². The van der Waals surface area contributed by atoms with Gasteiger partial charge in [0.2, 0.25) is 0 Å². The van der Waals surface area contributed by atoms with Crippen molar-refractivity contribution < 1.29 is 0 Å². The van der Waals surface area contributed by atoms with Crippen molar-refractivity contribution in [1.82, 2.24) is 5.32 Å². The topological polar surface area (TPSA) is 44.7 Å². The second kappa shape index (κ2) is 4.19. The number of para-hydroxylation sites is 1. The Hall–Kier alpha value is -1.42. The van der Waals surface area contributed by atoms with Gasteiger partial charge < -0.3 is 10.2 Å². The summed E-state index contributed by atoms with van der Waals surface area (Å²) in [4.78, 5) is 12.6. The predicted octanol–water partition coefficient (Wildman–Crippen LogP) is 1.19. The van der Waals surface area contributed by atoms with Crippen LogP contribution in [0.2, 0.25) is 0 Å². The summed E-state index contributed by atoms with van der Waals surface area (Å²) in [6.07, 6.45) is -0.272. The van der Waals surface area contributed by atoms with Crippen LogP contribution in [0.5, 0.6) is 0 Å². The number of nitroso groups, excluding NO2 is 1. The zero-order chi connectivity index (χ0) is 9.80. The van der Waals surface area contributed by atoms with Gasteiger partial charge in [-0.3, -0.25) is 0 Å². The van der Waals surface area contributed by atoms with Gasteiger partial charge in [-0.05, 0) is 17.3 Å². The normalized spacial score (nSPS) is 22.0. The van der Waals surface area contributed by atoms with Crippen LogP contribution in [0.1, 0.15) is 0 Å². The summed E-state index contributed by atoms with van der Waals surface area (Å²) in [5.74, 6) is 0. The van der Waals surface area contributed by atoms with Crippen LogP contribution in [-0.2, 0) is 0 Å². The molecule has 1 fully saturated rings. The number of hydrogen-bond donors (Lipinski definition) is 1. The summed E-state index contributed by atoms with van der Waals surface area (Å²) in [5.41, 5.74) is 1.07. The van der Waals surface area contributed by atoms with Crippen molar-refractivity contribution in [3.63, 3.8) is 0 Å². The summed E-state index contributed by atoms with van der Waals surface area (Å²) < 4.78 is 0. The summed E-state index contributed by atoms with van der Waals surface area (Å²) in [5, 5.41) is 6.27. The molecule has 0 aromatic heterocycles. The first-order valence-electron chi connectivity index (χ1n) is 4.76. The lowest BCUT2D eigenvalue weighted by Gasteiger charge is -2.33. The number of anilines is 1. The third-order valence-corrected chi connectivity index (χ3v) is 2.43. The second-order valence-electron chi connectivity index (χ2n) is 3.32. The molecule has 0 amide bonds. The zero-order valence-corrected chi connectivity index (χ0v) is 7.89. The highest BCUT2D eigenvalue weighted by Crippen LogP contribution is 2.17. The van der Waals surface area contributed by atoms with E-state index in [1.165, 1.54) is 0 Å². The minimum atomic E-state index is -0.272.